The van der Waals surface area contributed by atoms with Crippen molar-refractivity contribution in [1.29, 1.82) is 0 Å². The zero-order valence-corrected chi connectivity index (χ0v) is 9.25. The van der Waals surface area contributed by atoms with Crippen molar-refractivity contribution in [2.24, 2.45) is 5.92 Å². The van der Waals surface area contributed by atoms with E-state index in [9.17, 15) is 0 Å². The van der Waals surface area contributed by atoms with Crippen LogP contribution in [0.1, 0.15) is 28.6 Å². The summed E-state index contributed by atoms with van der Waals surface area (Å²) in [5.74, 6) is 0.900. The van der Waals surface area contributed by atoms with Gasteiger partial charge in [0.1, 0.15) is 0 Å². The first-order valence-electron chi connectivity index (χ1n) is 4.66. The minimum absolute atomic E-state index is 0. The van der Waals surface area contributed by atoms with E-state index in [1.807, 2.05) is 0 Å². The summed E-state index contributed by atoms with van der Waals surface area (Å²) >= 11 is 0.700. The van der Waals surface area contributed by atoms with Crippen LogP contribution in [-0.4, -0.2) is 28.4 Å². The van der Waals surface area contributed by atoms with Crippen molar-refractivity contribution in [3.05, 3.63) is 0 Å². The van der Waals surface area contributed by atoms with Crippen LogP contribution in [-0.2, 0) is 4.74 Å². The molecule has 67 valence electrons. The van der Waals surface area contributed by atoms with Crippen LogP contribution in [0.15, 0.2) is 0 Å². The zero-order valence-electron chi connectivity index (χ0n) is 8.10. The molecule has 0 saturated heterocycles. The van der Waals surface area contributed by atoms with Crippen LogP contribution in [0.4, 0.5) is 0 Å². The third kappa shape index (κ3) is 10.5. The van der Waals surface area contributed by atoms with E-state index < -0.39 is 0 Å². The van der Waals surface area contributed by atoms with Gasteiger partial charge in [0.2, 0.25) is 0 Å². The van der Waals surface area contributed by atoms with Gasteiger partial charge in [0, 0.05) is 14.6 Å². The lowest BCUT2D eigenvalue weighted by Crippen LogP contribution is -1.99. The van der Waals surface area contributed by atoms with Gasteiger partial charge in [-0.25, -0.2) is 0 Å². The molecule has 0 unspecified atom stereocenters. The highest BCUT2D eigenvalue weighted by Crippen LogP contribution is 2.02. The van der Waals surface area contributed by atoms with Crippen LogP contribution < -0.4 is 0 Å². The Bertz CT molecular complexity index is 78.9. The molecule has 1 radical (unpaired) electrons. The van der Waals surface area contributed by atoms with Gasteiger partial charge in [-0.05, 0) is 13.3 Å². The van der Waals surface area contributed by atoms with Gasteiger partial charge in [-0.15, -0.1) is 10.6 Å². The van der Waals surface area contributed by atoms with E-state index in [1.165, 1.54) is 17.0 Å². The Morgan fingerprint density at radius 2 is 2.18 bits per heavy atom. The van der Waals surface area contributed by atoms with Crippen molar-refractivity contribution in [1.82, 2.24) is 0 Å². The highest BCUT2D eigenvalue weighted by molar-refractivity contribution is 6.35. The van der Waals surface area contributed by atoms with Gasteiger partial charge in [-0.2, -0.15) is 0 Å². The van der Waals surface area contributed by atoms with E-state index in [4.69, 9.17) is 4.74 Å². The molecule has 0 aromatic heterocycles. The molecule has 0 aromatic rings. The number of hydrogen-bond donors (Lipinski definition) is 0. The second-order valence-corrected chi connectivity index (χ2v) is 4.88. The molecule has 0 aliphatic heterocycles. The Balaban J connectivity index is 0. The van der Waals surface area contributed by atoms with E-state index >= 15 is 0 Å². The Morgan fingerprint density at radius 3 is 2.73 bits per heavy atom. The predicted octanol–water partition coefficient (Wildman–Crippen LogP) is 2.86. The maximum Gasteiger partial charge on any atom is 0.200 e. The summed E-state index contributed by atoms with van der Waals surface area (Å²) in [5.41, 5.74) is 0. The Morgan fingerprint density at radius 1 is 1.45 bits per heavy atom. The Kier molecular flexibility index (Phi) is 8.97. The lowest BCUT2D eigenvalue weighted by molar-refractivity contribution is 0.148. The van der Waals surface area contributed by atoms with E-state index in [0.717, 1.165) is 19.1 Å². The second kappa shape index (κ2) is 8.59. The van der Waals surface area contributed by atoms with Gasteiger partial charge in [-0.1, -0.05) is 19.8 Å². The van der Waals surface area contributed by atoms with Crippen molar-refractivity contribution in [2.45, 2.75) is 37.8 Å². The third-order valence-corrected chi connectivity index (χ3v) is 3.63. The van der Waals surface area contributed by atoms with E-state index in [2.05, 4.69) is 20.8 Å². The summed E-state index contributed by atoms with van der Waals surface area (Å²) in [7, 11) is 0. The smallest absolute Gasteiger partial charge is 0.200 e. The molecule has 0 aliphatic rings. The van der Waals surface area contributed by atoms with Crippen LogP contribution in [0, 0.1) is 5.92 Å². The second-order valence-electron chi connectivity index (χ2n) is 3.26. The Labute approximate surface area is 78.7 Å². The minimum atomic E-state index is 0. The third-order valence-electron chi connectivity index (χ3n) is 1.54. The monoisotopic (exact) mass is 173 g/mol. The van der Waals surface area contributed by atoms with Gasteiger partial charge >= 0.3 is 0 Å². The standard InChI is InChI=1S/C5H11O.C4H9.Al.H2/c1-3-5-6-4-2;1-4(2)3;;/h1,3-5H2,2H3;4H,1H2,2-3H3;;1H. The van der Waals surface area contributed by atoms with Crippen molar-refractivity contribution in [3.63, 3.8) is 0 Å². The average molecular weight is 173 g/mol. The first-order chi connectivity index (χ1) is 5.27. The Hall–Kier alpha value is 0.492. The quantitative estimate of drug-likeness (QED) is 0.425. The SMILES string of the molecule is CCOCC[CH2][Al][CH2]C(C)C.[HH]. The molecule has 0 N–H and O–H groups in total. The fraction of sp³-hybridized carbons (Fsp3) is 1.00. The minimum Gasteiger partial charge on any atom is -0.382 e. The summed E-state index contributed by atoms with van der Waals surface area (Å²) in [6.45, 7) is 8.51. The van der Waals surface area contributed by atoms with E-state index in [0.29, 0.717) is 15.2 Å². The van der Waals surface area contributed by atoms with Gasteiger partial charge in [0.15, 0.2) is 15.2 Å². The highest BCUT2D eigenvalue weighted by atomic mass is 27.1. The number of ether oxygens (including phenoxy) is 1. The average Bonchev–Trinajstić information content (AvgIpc) is 1.96. The van der Waals surface area contributed by atoms with Crippen molar-refractivity contribution in [2.75, 3.05) is 13.2 Å². The van der Waals surface area contributed by atoms with Gasteiger partial charge in [0.05, 0.1) is 0 Å². The number of rotatable bonds is 7. The molecular weight excluding hydrogens is 151 g/mol. The molecule has 11 heavy (non-hydrogen) atoms. The molecule has 2 heteroatoms. The summed E-state index contributed by atoms with van der Waals surface area (Å²) < 4.78 is 5.25. The molecule has 0 aromatic carbocycles. The molecular formula is C9H22AlO. The number of hydrogen-bond acceptors (Lipinski definition) is 1. The molecule has 0 amide bonds. The van der Waals surface area contributed by atoms with Crippen LogP contribution in [0.3, 0.4) is 0 Å². The first kappa shape index (κ1) is 11.5. The molecule has 0 saturated carbocycles. The zero-order chi connectivity index (χ0) is 8.53. The normalized spacial score (nSPS) is 10.5. The van der Waals surface area contributed by atoms with Crippen molar-refractivity contribution >= 4 is 15.2 Å². The topological polar surface area (TPSA) is 9.23 Å². The fourth-order valence-electron chi connectivity index (χ4n) is 0.925. The molecule has 0 bridgehead atoms. The van der Waals surface area contributed by atoms with E-state index in [1.54, 1.807) is 0 Å². The first-order valence-corrected chi connectivity index (χ1v) is 6.30. The van der Waals surface area contributed by atoms with Crippen molar-refractivity contribution < 1.29 is 6.16 Å². The molecule has 1 nitrogen and oxygen atoms in total. The van der Waals surface area contributed by atoms with Crippen LogP contribution in [0.25, 0.3) is 0 Å². The molecule has 0 aliphatic carbocycles. The largest absolute Gasteiger partial charge is 0.382 e. The summed E-state index contributed by atoms with van der Waals surface area (Å²) in [6.07, 6.45) is 1.27. The fourth-order valence-corrected chi connectivity index (χ4v) is 2.28. The molecule has 0 rings (SSSR count). The van der Waals surface area contributed by atoms with Crippen LogP contribution in [0.2, 0.25) is 10.6 Å². The van der Waals surface area contributed by atoms with Crippen LogP contribution >= 0.6 is 0 Å². The van der Waals surface area contributed by atoms with Gasteiger partial charge in [-0.3, -0.25) is 0 Å². The molecule has 0 heterocycles. The highest BCUT2D eigenvalue weighted by Gasteiger charge is 1.96. The maximum atomic E-state index is 5.25. The maximum absolute atomic E-state index is 5.25. The molecule has 0 fully saturated rings. The lowest BCUT2D eigenvalue weighted by Gasteiger charge is -2.02. The molecule has 0 spiro atoms. The van der Waals surface area contributed by atoms with Gasteiger partial charge < -0.3 is 4.74 Å². The van der Waals surface area contributed by atoms with Crippen LogP contribution in [0.5, 0.6) is 0 Å². The summed E-state index contributed by atoms with van der Waals surface area (Å²) in [6, 6.07) is 0. The van der Waals surface area contributed by atoms with E-state index in [-0.39, 0.29) is 1.43 Å². The predicted molar refractivity (Wildman–Crippen MR) is 53.4 cm³/mol. The van der Waals surface area contributed by atoms with Gasteiger partial charge in [0.25, 0.3) is 0 Å². The summed E-state index contributed by atoms with van der Waals surface area (Å²) in [4.78, 5) is 0. The lowest BCUT2D eigenvalue weighted by atomic mass is 10.3. The molecule has 0 atom stereocenters. The summed E-state index contributed by atoms with van der Waals surface area (Å²) in [5, 5.41) is 2.87. The van der Waals surface area contributed by atoms with Crippen molar-refractivity contribution in [3.8, 4) is 0 Å².